The van der Waals surface area contributed by atoms with Gasteiger partial charge in [0.1, 0.15) is 0 Å². The summed E-state index contributed by atoms with van der Waals surface area (Å²) in [5.41, 5.74) is 0. The lowest BCUT2D eigenvalue weighted by molar-refractivity contribution is -0.133. The minimum atomic E-state index is 0.0547. The van der Waals surface area contributed by atoms with Crippen molar-refractivity contribution in [2.75, 3.05) is 26.2 Å². The first-order chi connectivity index (χ1) is 8.92. The van der Waals surface area contributed by atoms with E-state index < -0.39 is 0 Å². The van der Waals surface area contributed by atoms with Crippen molar-refractivity contribution in [2.45, 2.75) is 53.9 Å². The lowest BCUT2D eigenvalue weighted by Crippen LogP contribution is -2.38. The van der Waals surface area contributed by atoms with Crippen LogP contribution in [0.3, 0.4) is 0 Å². The summed E-state index contributed by atoms with van der Waals surface area (Å²) in [6, 6.07) is 0. The molecule has 0 fully saturated rings. The Balaban J connectivity index is 4.32. The summed E-state index contributed by atoms with van der Waals surface area (Å²) in [6.45, 7) is 12.8. The third-order valence-corrected chi connectivity index (χ3v) is 2.97. The van der Waals surface area contributed by atoms with Crippen LogP contribution in [0.5, 0.6) is 0 Å². The highest BCUT2D eigenvalue weighted by atomic mass is 16.2. The van der Waals surface area contributed by atoms with E-state index in [1.54, 1.807) is 11.8 Å². The largest absolute Gasteiger partial charge is 0.343 e. The van der Waals surface area contributed by atoms with E-state index in [9.17, 15) is 9.59 Å². The van der Waals surface area contributed by atoms with Gasteiger partial charge in [-0.2, -0.15) is 0 Å². The van der Waals surface area contributed by atoms with E-state index in [0.717, 1.165) is 32.5 Å². The maximum Gasteiger partial charge on any atom is 0.224 e. The quantitative estimate of drug-likeness (QED) is 0.646. The van der Waals surface area contributed by atoms with E-state index in [1.165, 1.54) is 0 Å². The first kappa shape index (κ1) is 17.9. The average Bonchev–Trinajstić information content (AvgIpc) is 2.33. The molecule has 0 heterocycles. The Morgan fingerprint density at radius 3 is 1.84 bits per heavy atom. The Morgan fingerprint density at radius 1 is 0.947 bits per heavy atom. The van der Waals surface area contributed by atoms with E-state index >= 15 is 0 Å². The number of rotatable bonds is 9. The molecule has 0 saturated heterocycles. The number of hydrogen-bond donors (Lipinski definition) is 0. The van der Waals surface area contributed by atoms with E-state index in [1.807, 2.05) is 4.90 Å². The van der Waals surface area contributed by atoms with Gasteiger partial charge in [0.25, 0.3) is 0 Å². The summed E-state index contributed by atoms with van der Waals surface area (Å²) in [4.78, 5) is 27.3. The maximum absolute atomic E-state index is 12.1. The van der Waals surface area contributed by atoms with Crippen molar-refractivity contribution in [2.24, 2.45) is 5.92 Å². The second-order valence-electron chi connectivity index (χ2n) is 5.49. The molecule has 0 aliphatic carbocycles. The van der Waals surface area contributed by atoms with E-state index in [0.29, 0.717) is 18.9 Å². The van der Waals surface area contributed by atoms with Crippen LogP contribution in [0.25, 0.3) is 0 Å². The predicted octanol–water partition coefficient (Wildman–Crippen LogP) is 2.53. The fourth-order valence-corrected chi connectivity index (χ4v) is 2.11. The molecule has 0 radical (unpaired) electrons. The zero-order valence-corrected chi connectivity index (χ0v) is 13.2. The van der Waals surface area contributed by atoms with Crippen LogP contribution in [0.4, 0.5) is 0 Å². The first-order valence-corrected chi connectivity index (χ1v) is 7.45. The van der Waals surface area contributed by atoms with Crippen LogP contribution in [0.2, 0.25) is 0 Å². The van der Waals surface area contributed by atoms with E-state index in [4.69, 9.17) is 0 Å². The van der Waals surface area contributed by atoms with Gasteiger partial charge in [0, 0.05) is 39.5 Å². The smallest absolute Gasteiger partial charge is 0.224 e. The molecule has 0 atom stereocenters. The van der Waals surface area contributed by atoms with Crippen LogP contribution in [-0.2, 0) is 9.59 Å². The number of nitrogens with zero attached hydrogens (tertiary/aromatic N) is 2. The molecule has 112 valence electrons. The zero-order valence-electron chi connectivity index (χ0n) is 13.2. The van der Waals surface area contributed by atoms with Crippen molar-refractivity contribution < 1.29 is 9.59 Å². The van der Waals surface area contributed by atoms with Crippen LogP contribution in [-0.4, -0.2) is 47.8 Å². The van der Waals surface area contributed by atoms with Gasteiger partial charge in [-0.3, -0.25) is 9.59 Å². The van der Waals surface area contributed by atoms with E-state index in [-0.39, 0.29) is 11.8 Å². The summed E-state index contributed by atoms with van der Waals surface area (Å²) in [5.74, 6) is 0.652. The van der Waals surface area contributed by atoms with Crippen molar-refractivity contribution in [1.82, 2.24) is 9.80 Å². The fraction of sp³-hybridized carbons (Fsp3) is 0.867. The summed E-state index contributed by atoms with van der Waals surface area (Å²) < 4.78 is 0. The summed E-state index contributed by atoms with van der Waals surface area (Å²) in [7, 11) is 0. The average molecular weight is 270 g/mol. The lowest BCUT2D eigenvalue weighted by atomic mass is 10.2. The Labute approximate surface area is 118 Å². The molecule has 0 spiro atoms. The van der Waals surface area contributed by atoms with Crippen molar-refractivity contribution in [3.63, 3.8) is 0 Å². The minimum Gasteiger partial charge on any atom is -0.343 e. The Kier molecular flexibility index (Phi) is 9.27. The zero-order chi connectivity index (χ0) is 14.8. The molecular formula is C15H30N2O2. The fourth-order valence-electron chi connectivity index (χ4n) is 2.11. The topological polar surface area (TPSA) is 40.6 Å². The number of amides is 2. The van der Waals surface area contributed by atoms with Crippen LogP contribution >= 0.6 is 0 Å². The molecule has 2 amide bonds. The van der Waals surface area contributed by atoms with Gasteiger partial charge in [0.2, 0.25) is 11.8 Å². The number of carbonyl (C=O) groups is 2. The number of carbonyl (C=O) groups excluding carboxylic acids is 2. The van der Waals surface area contributed by atoms with Gasteiger partial charge in [-0.15, -0.1) is 0 Å². The molecule has 0 aromatic heterocycles. The van der Waals surface area contributed by atoms with Crippen molar-refractivity contribution in [3.05, 3.63) is 0 Å². The van der Waals surface area contributed by atoms with Gasteiger partial charge in [-0.05, 0) is 18.8 Å². The molecule has 0 unspecified atom stereocenters. The third-order valence-electron chi connectivity index (χ3n) is 2.97. The highest BCUT2D eigenvalue weighted by molar-refractivity contribution is 5.78. The van der Waals surface area contributed by atoms with Crippen LogP contribution in [0.1, 0.15) is 53.9 Å². The standard InChI is InChI=1S/C15H30N2O2/c1-6-9-16(10-7-2)15(19)8-11-17(14(5)18)12-13(3)4/h13H,6-12H2,1-5H3. The van der Waals surface area contributed by atoms with Crippen molar-refractivity contribution >= 4 is 11.8 Å². The molecule has 19 heavy (non-hydrogen) atoms. The van der Waals surface area contributed by atoms with Gasteiger partial charge >= 0.3 is 0 Å². The molecule has 0 rings (SSSR count). The Bertz CT molecular complexity index is 271. The minimum absolute atomic E-state index is 0.0547. The molecule has 0 aliphatic rings. The summed E-state index contributed by atoms with van der Waals surface area (Å²) in [5, 5.41) is 0. The number of hydrogen-bond acceptors (Lipinski definition) is 2. The summed E-state index contributed by atoms with van der Waals surface area (Å²) >= 11 is 0. The Hall–Kier alpha value is -1.06. The van der Waals surface area contributed by atoms with Crippen LogP contribution < -0.4 is 0 Å². The van der Waals surface area contributed by atoms with Crippen LogP contribution in [0.15, 0.2) is 0 Å². The lowest BCUT2D eigenvalue weighted by Gasteiger charge is -2.26. The highest BCUT2D eigenvalue weighted by Crippen LogP contribution is 2.04. The van der Waals surface area contributed by atoms with Crippen LogP contribution in [0, 0.1) is 5.92 Å². The molecule has 4 heteroatoms. The molecule has 0 bridgehead atoms. The van der Waals surface area contributed by atoms with Gasteiger partial charge in [0.15, 0.2) is 0 Å². The molecule has 0 saturated carbocycles. The molecule has 0 aromatic carbocycles. The van der Waals surface area contributed by atoms with E-state index in [2.05, 4.69) is 27.7 Å². The van der Waals surface area contributed by atoms with Crippen molar-refractivity contribution in [1.29, 1.82) is 0 Å². The van der Waals surface area contributed by atoms with Gasteiger partial charge in [-0.25, -0.2) is 0 Å². The second kappa shape index (κ2) is 9.82. The highest BCUT2D eigenvalue weighted by Gasteiger charge is 2.16. The Morgan fingerprint density at radius 2 is 1.47 bits per heavy atom. The van der Waals surface area contributed by atoms with Crippen molar-refractivity contribution in [3.8, 4) is 0 Å². The van der Waals surface area contributed by atoms with Gasteiger partial charge in [0.05, 0.1) is 0 Å². The SMILES string of the molecule is CCCN(CCC)C(=O)CCN(CC(C)C)C(C)=O. The maximum atomic E-state index is 12.1. The second-order valence-corrected chi connectivity index (χ2v) is 5.49. The van der Waals surface area contributed by atoms with Gasteiger partial charge < -0.3 is 9.80 Å². The van der Waals surface area contributed by atoms with Gasteiger partial charge in [-0.1, -0.05) is 27.7 Å². The molecule has 0 aliphatic heterocycles. The molecular weight excluding hydrogens is 240 g/mol. The summed E-state index contributed by atoms with van der Waals surface area (Å²) in [6.07, 6.45) is 2.40. The third kappa shape index (κ3) is 7.85. The molecule has 4 nitrogen and oxygen atoms in total. The molecule has 0 aromatic rings. The molecule has 0 N–H and O–H groups in total. The predicted molar refractivity (Wildman–Crippen MR) is 78.9 cm³/mol. The normalized spacial score (nSPS) is 10.6. The monoisotopic (exact) mass is 270 g/mol. The first-order valence-electron chi connectivity index (χ1n) is 7.45.